The number of hydrogen-bond acceptors (Lipinski definition) is 5. The van der Waals surface area contributed by atoms with E-state index >= 15 is 0 Å². The molecular formula is C21H23ClN2O5. The van der Waals surface area contributed by atoms with Crippen LogP contribution >= 0.6 is 11.6 Å². The number of carbonyl (C=O) groups excluding carboxylic acids is 3. The number of esters is 1. The molecule has 0 heterocycles. The summed E-state index contributed by atoms with van der Waals surface area (Å²) in [6, 6.07) is 13.0. The lowest BCUT2D eigenvalue weighted by atomic mass is 10.1. The molecule has 0 atom stereocenters. The van der Waals surface area contributed by atoms with E-state index in [2.05, 4.69) is 10.6 Å². The number of ether oxygens (including phenoxy) is 2. The highest BCUT2D eigenvalue weighted by atomic mass is 35.5. The number of amides is 3. The molecule has 0 radical (unpaired) electrons. The van der Waals surface area contributed by atoms with Crippen molar-refractivity contribution in [1.29, 1.82) is 0 Å². The van der Waals surface area contributed by atoms with Crippen LogP contribution in [0.2, 0.25) is 5.02 Å². The van der Waals surface area contributed by atoms with E-state index < -0.39 is 30.1 Å². The molecule has 3 amide bonds. The maximum absolute atomic E-state index is 12.0. The lowest BCUT2D eigenvalue weighted by Crippen LogP contribution is -2.49. The third-order valence-corrected chi connectivity index (χ3v) is 3.74. The summed E-state index contributed by atoms with van der Waals surface area (Å²) in [5.74, 6) is -0.700. The molecule has 0 bridgehead atoms. The molecule has 2 N–H and O–H groups in total. The highest BCUT2D eigenvalue weighted by Crippen LogP contribution is 2.17. The highest BCUT2D eigenvalue weighted by Gasteiger charge is 2.17. The van der Waals surface area contributed by atoms with Crippen LogP contribution < -0.4 is 15.4 Å². The second kappa shape index (κ2) is 9.93. The molecule has 0 fully saturated rings. The van der Waals surface area contributed by atoms with Gasteiger partial charge in [0.15, 0.2) is 6.61 Å². The SMILES string of the molecule is CC(C)(C)NC(=O)NC(=O)COC(=O)c1ccc(COc2ccc(Cl)cc2)cc1. The van der Waals surface area contributed by atoms with Crippen molar-refractivity contribution in [2.45, 2.75) is 32.9 Å². The average Bonchev–Trinajstić information content (AvgIpc) is 2.64. The molecule has 2 aromatic carbocycles. The van der Waals surface area contributed by atoms with Crippen LogP contribution in [-0.2, 0) is 16.1 Å². The maximum atomic E-state index is 12.0. The molecule has 0 saturated heterocycles. The Morgan fingerprint density at radius 1 is 0.966 bits per heavy atom. The number of halogens is 1. The Balaban J connectivity index is 1.78. The van der Waals surface area contributed by atoms with E-state index in [1.54, 1.807) is 69.3 Å². The number of urea groups is 1. The van der Waals surface area contributed by atoms with Crippen LogP contribution in [0, 0.1) is 0 Å². The van der Waals surface area contributed by atoms with Gasteiger partial charge in [-0.3, -0.25) is 10.1 Å². The monoisotopic (exact) mass is 418 g/mol. The number of imide groups is 1. The summed E-state index contributed by atoms with van der Waals surface area (Å²) in [6.45, 7) is 5.10. The minimum absolute atomic E-state index is 0.284. The van der Waals surface area contributed by atoms with E-state index in [-0.39, 0.29) is 5.56 Å². The third-order valence-electron chi connectivity index (χ3n) is 3.48. The van der Waals surface area contributed by atoms with Gasteiger partial charge in [0.25, 0.3) is 5.91 Å². The van der Waals surface area contributed by atoms with Crippen molar-refractivity contribution in [2.24, 2.45) is 0 Å². The van der Waals surface area contributed by atoms with Crippen molar-refractivity contribution < 1.29 is 23.9 Å². The van der Waals surface area contributed by atoms with Gasteiger partial charge in [0.1, 0.15) is 12.4 Å². The largest absolute Gasteiger partial charge is 0.489 e. The van der Waals surface area contributed by atoms with E-state index in [1.807, 2.05) is 0 Å². The first-order chi connectivity index (χ1) is 13.6. The minimum Gasteiger partial charge on any atom is -0.489 e. The zero-order valence-electron chi connectivity index (χ0n) is 16.5. The summed E-state index contributed by atoms with van der Waals surface area (Å²) in [5, 5.41) is 5.30. The van der Waals surface area contributed by atoms with Gasteiger partial charge in [-0.1, -0.05) is 23.7 Å². The van der Waals surface area contributed by atoms with Crippen LogP contribution in [-0.4, -0.2) is 30.1 Å². The fourth-order valence-electron chi connectivity index (χ4n) is 2.18. The first kappa shape index (κ1) is 22.2. The number of rotatable bonds is 6. The smallest absolute Gasteiger partial charge is 0.338 e. The number of carbonyl (C=O) groups is 3. The molecular weight excluding hydrogens is 396 g/mol. The van der Waals surface area contributed by atoms with Crippen molar-refractivity contribution in [2.75, 3.05) is 6.61 Å². The lowest BCUT2D eigenvalue weighted by molar-refractivity contribution is -0.123. The standard InChI is InChI=1S/C21H23ClN2O5/c1-21(2,3)24-20(27)23-18(25)13-29-19(26)15-6-4-14(5-7-15)12-28-17-10-8-16(22)9-11-17/h4-11H,12-13H2,1-3H3,(H2,23,24,25,27). The summed E-state index contributed by atoms with van der Waals surface area (Å²) in [4.78, 5) is 35.3. The van der Waals surface area contributed by atoms with Crippen molar-refractivity contribution in [3.8, 4) is 5.75 Å². The Morgan fingerprint density at radius 2 is 1.59 bits per heavy atom. The molecule has 29 heavy (non-hydrogen) atoms. The predicted octanol–water partition coefficient (Wildman–Crippen LogP) is 3.70. The van der Waals surface area contributed by atoms with E-state index in [9.17, 15) is 14.4 Å². The van der Waals surface area contributed by atoms with Crippen LogP contribution in [0.5, 0.6) is 5.75 Å². The van der Waals surface area contributed by atoms with Gasteiger partial charge in [-0.05, 0) is 62.7 Å². The van der Waals surface area contributed by atoms with Crippen molar-refractivity contribution >= 4 is 29.5 Å². The fourth-order valence-corrected chi connectivity index (χ4v) is 2.31. The second-order valence-corrected chi connectivity index (χ2v) is 7.70. The average molecular weight is 419 g/mol. The Kier molecular flexibility index (Phi) is 7.61. The van der Waals surface area contributed by atoms with Gasteiger partial charge in [-0.15, -0.1) is 0 Å². The molecule has 0 saturated carbocycles. The molecule has 0 aliphatic heterocycles. The Hall–Kier alpha value is -3.06. The third kappa shape index (κ3) is 8.23. The van der Waals surface area contributed by atoms with Crippen LogP contribution in [0.3, 0.4) is 0 Å². The Morgan fingerprint density at radius 3 is 2.17 bits per heavy atom. The maximum Gasteiger partial charge on any atom is 0.338 e. The van der Waals surface area contributed by atoms with Crippen molar-refractivity contribution in [1.82, 2.24) is 10.6 Å². The summed E-state index contributed by atoms with van der Waals surface area (Å²) in [7, 11) is 0. The molecule has 0 aromatic heterocycles. The van der Waals surface area contributed by atoms with Crippen LogP contribution in [0.25, 0.3) is 0 Å². The Bertz CT molecular complexity index is 858. The zero-order valence-corrected chi connectivity index (χ0v) is 17.2. The molecule has 154 valence electrons. The normalized spacial score (nSPS) is 10.8. The molecule has 0 spiro atoms. The van der Waals surface area contributed by atoms with Gasteiger partial charge < -0.3 is 14.8 Å². The number of nitrogens with one attached hydrogen (secondary N) is 2. The molecule has 2 rings (SSSR count). The number of hydrogen-bond donors (Lipinski definition) is 2. The van der Waals surface area contributed by atoms with Gasteiger partial charge in [-0.25, -0.2) is 9.59 Å². The Labute approximate surface area is 174 Å². The fraction of sp³-hybridized carbons (Fsp3) is 0.286. The number of benzene rings is 2. The van der Waals surface area contributed by atoms with E-state index in [4.69, 9.17) is 21.1 Å². The van der Waals surface area contributed by atoms with Gasteiger partial charge in [-0.2, -0.15) is 0 Å². The quantitative estimate of drug-likeness (QED) is 0.697. The van der Waals surface area contributed by atoms with Gasteiger partial charge in [0.05, 0.1) is 5.56 Å². The van der Waals surface area contributed by atoms with Crippen molar-refractivity contribution in [3.63, 3.8) is 0 Å². The van der Waals surface area contributed by atoms with E-state index in [1.165, 1.54) is 0 Å². The van der Waals surface area contributed by atoms with E-state index in [0.29, 0.717) is 17.4 Å². The first-order valence-corrected chi connectivity index (χ1v) is 9.26. The zero-order chi connectivity index (χ0) is 21.4. The summed E-state index contributed by atoms with van der Waals surface area (Å²) < 4.78 is 10.6. The van der Waals surface area contributed by atoms with Crippen molar-refractivity contribution in [3.05, 3.63) is 64.7 Å². The summed E-state index contributed by atoms with van der Waals surface area (Å²) in [6.07, 6.45) is 0. The first-order valence-electron chi connectivity index (χ1n) is 8.89. The molecule has 0 aliphatic rings. The predicted molar refractivity (Wildman–Crippen MR) is 109 cm³/mol. The van der Waals surface area contributed by atoms with E-state index in [0.717, 1.165) is 5.56 Å². The lowest BCUT2D eigenvalue weighted by Gasteiger charge is -2.20. The highest BCUT2D eigenvalue weighted by molar-refractivity contribution is 6.30. The van der Waals surface area contributed by atoms with Gasteiger partial charge >= 0.3 is 12.0 Å². The molecule has 7 nitrogen and oxygen atoms in total. The molecule has 2 aromatic rings. The summed E-state index contributed by atoms with van der Waals surface area (Å²) >= 11 is 5.83. The molecule has 8 heteroatoms. The topological polar surface area (TPSA) is 93.7 Å². The van der Waals surface area contributed by atoms with Gasteiger partial charge in [0.2, 0.25) is 0 Å². The van der Waals surface area contributed by atoms with Crippen LogP contribution in [0.4, 0.5) is 4.79 Å². The molecule has 0 unspecified atom stereocenters. The van der Waals surface area contributed by atoms with Gasteiger partial charge in [0, 0.05) is 10.6 Å². The molecule has 0 aliphatic carbocycles. The van der Waals surface area contributed by atoms with Crippen LogP contribution in [0.1, 0.15) is 36.7 Å². The van der Waals surface area contributed by atoms with Crippen LogP contribution in [0.15, 0.2) is 48.5 Å². The minimum atomic E-state index is -0.715. The second-order valence-electron chi connectivity index (χ2n) is 7.27. The summed E-state index contributed by atoms with van der Waals surface area (Å²) in [5.41, 5.74) is 0.653.